The quantitative estimate of drug-likeness (QED) is 0.0311. The van der Waals surface area contributed by atoms with Crippen molar-refractivity contribution in [3.63, 3.8) is 0 Å². The third-order valence-corrected chi connectivity index (χ3v) is 20.9. The van der Waals surface area contributed by atoms with Crippen molar-refractivity contribution < 1.29 is 102 Å². The number of carboxylic acids is 3. The van der Waals surface area contributed by atoms with E-state index in [-0.39, 0.29) is 141 Å². The molecule has 5 rings (SSSR count). The molecule has 113 heavy (non-hydrogen) atoms. The second-order valence-corrected chi connectivity index (χ2v) is 29.8. The molecule has 10 atom stereocenters. The molecule has 3 aliphatic heterocycles. The maximum absolute atomic E-state index is 15.1. The molecule has 2 saturated heterocycles. The van der Waals surface area contributed by atoms with Crippen LogP contribution >= 0.6 is 23.5 Å². The van der Waals surface area contributed by atoms with Crippen molar-refractivity contribution in [2.24, 2.45) is 17.4 Å². The van der Waals surface area contributed by atoms with E-state index in [1.807, 2.05) is 25.1 Å². The van der Waals surface area contributed by atoms with Gasteiger partial charge in [-0.2, -0.15) is 23.5 Å². The number of unbranched alkanes of at least 4 members (excludes halogenated alkanes) is 1. The second-order valence-electron chi connectivity index (χ2n) is 27.8. The van der Waals surface area contributed by atoms with Crippen LogP contribution in [0.2, 0.25) is 0 Å². The lowest BCUT2D eigenvalue weighted by molar-refractivity contribution is -0.148. The van der Waals surface area contributed by atoms with Crippen molar-refractivity contribution >= 4 is 106 Å². The first-order valence-electron chi connectivity index (χ1n) is 38.8. The number of amides is 11. The summed E-state index contributed by atoms with van der Waals surface area (Å²) in [5, 5.41) is 70.4. The zero-order chi connectivity index (χ0) is 82.5. The Morgan fingerprint density at radius 2 is 1.14 bits per heavy atom. The van der Waals surface area contributed by atoms with Crippen LogP contribution in [0.4, 0.5) is 0 Å². The minimum absolute atomic E-state index is 0.0151. The van der Waals surface area contributed by atoms with Crippen LogP contribution in [0.3, 0.4) is 0 Å². The molecule has 0 aliphatic carbocycles. The molecule has 38 heteroatoms. The van der Waals surface area contributed by atoms with Gasteiger partial charge in [-0.25, -0.2) is 4.79 Å². The van der Waals surface area contributed by atoms with Gasteiger partial charge in [0.1, 0.15) is 54.4 Å². The van der Waals surface area contributed by atoms with Crippen LogP contribution in [0.15, 0.2) is 54.6 Å². The molecule has 0 unspecified atom stereocenters. The number of hydrogen-bond donors (Lipinski definition) is 17. The van der Waals surface area contributed by atoms with Crippen LogP contribution in [0, 0.1) is 5.92 Å². The molecule has 2 aromatic rings. The largest absolute Gasteiger partial charge is 0.481 e. The molecule has 0 spiro atoms. The number of carbonyl (C=O) groups is 14. The Morgan fingerprint density at radius 1 is 0.575 bits per heavy atom. The first-order valence-corrected chi connectivity index (χ1v) is 41.1. The van der Waals surface area contributed by atoms with Crippen LogP contribution in [-0.4, -0.2) is 290 Å². The third kappa shape index (κ3) is 35.8. The number of aliphatic hydroxyl groups is 1. The Kier molecular flexibility index (Phi) is 44.9. The lowest BCUT2D eigenvalue weighted by atomic mass is 10.0. The number of rotatable bonds is 44. The predicted octanol–water partition coefficient (Wildman–Crippen LogP) is -2.27. The van der Waals surface area contributed by atoms with Gasteiger partial charge in [0.2, 0.25) is 65.0 Å². The van der Waals surface area contributed by atoms with Crippen LogP contribution in [-0.2, 0) is 99.3 Å². The molecular weight excluding hydrogens is 1510 g/mol. The highest BCUT2D eigenvalue weighted by atomic mass is 32.2. The summed E-state index contributed by atoms with van der Waals surface area (Å²) in [6.45, 7) is 7.64. The van der Waals surface area contributed by atoms with E-state index in [1.165, 1.54) is 40.2 Å². The SMILES string of the molecule is CCCC[C@H](NC(=O)CCC(=O)NCCCOCCOCCOCCCNC(=O)[C@H](CCC(=O)O)NC(=O)C(CNCCN)CNCCN)C(=O)N[C@H]1CSCc2cccc(c2)CSC[C@@H](C(=O)O)NC(=O)[C@H](Cc2ccccc2)NC(=O)[C@H](CCC(=O)O)NC(=O)[C@H]([C@@H](C)O)NC(=O)[C@@H]2CCCN2C(=O)[C@@H]2CCCN2C1=O. The average molecular weight is 1630 g/mol. The number of carboxylic acid groups (broad SMARTS) is 3. The first-order chi connectivity index (χ1) is 54.3. The first kappa shape index (κ1) is 95.0. The van der Waals surface area contributed by atoms with Crippen molar-refractivity contribution in [1.82, 2.24) is 68.3 Å². The summed E-state index contributed by atoms with van der Waals surface area (Å²) in [6, 6.07) is 3.68. The predicted molar refractivity (Wildman–Crippen MR) is 419 cm³/mol. The zero-order valence-corrected chi connectivity index (χ0v) is 66.2. The molecule has 2 aromatic carbocycles. The van der Waals surface area contributed by atoms with Gasteiger partial charge in [-0.05, 0) is 81.4 Å². The molecule has 36 nitrogen and oxygen atoms in total. The van der Waals surface area contributed by atoms with E-state index in [0.29, 0.717) is 82.6 Å². The summed E-state index contributed by atoms with van der Waals surface area (Å²) in [5.74, 6) is -11.7. The summed E-state index contributed by atoms with van der Waals surface area (Å²) in [6.07, 6.45) is -0.664. The minimum atomic E-state index is -1.78. The average Bonchev–Trinajstić information content (AvgIpc) is 1.67. The second kappa shape index (κ2) is 53.5. The van der Waals surface area contributed by atoms with Gasteiger partial charge in [-0.1, -0.05) is 74.4 Å². The highest BCUT2D eigenvalue weighted by molar-refractivity contribution is 7.98. The number of fused-ring (bicyclic) bond motifs is 4. The topological polar surface area (TPSA) is 538 Å². The number of nitrogens with two attached hydrogens (primary N) is 2. The van der Waals surface area contributed by atoms with Crippen molar-refractivity contribution in [3.05, 3.63) is 71.3 Å². The molecule has 2 bridgehead atoms. The van der Waals surface area contributed by atoms with Crippen LogP contribution in [0.25, 0.3) is 0 Å². The Labute approximate surface area is 667 Å². The molecule has 630 valence electrons. The van der Waals surface area contributed by atoms with Crippen LogP contribution < -0.4 is 70.0 Å². The Balaban J connectivity index is 1.16. The van der Waals surface area contributed by atoms with E-state index in [1.54, 1.807) is 36.4 Å². The number of thioether (sulfide) groups is 2. The third-order valence-electron chi connectivity index (χ3n) is 18.7. The summed E-state index contributed by atoms with van der Waals surface area (Å²) in [4.78, 5) is 193. The summed E-state index contributed by atoms with van der Waals surface area (Å²) in [5.41, 5.74) is 13.3. The number of carbonyl (C=O) groups excluding carboxylic acids is 11. The van der Waals surface area contributed by atoms with Crippen molar-refractivity contribution in [3.8, 4) is 0 Å². The van der Waals surface area contributed by atoms with Crippen molar-refractivity contribution in [2.45, 2.75) is 189 Å². The number of nitrogens with zero attached hydrogens (tertiary/aromatic N) is 2. The lowest BCUT2D eigenvalue weighted by Gasteiger charge is -2.34. The Bertz CT molecular complexity index is 3380. The van der Waals surface area contributed by atoms with Gasteiger partial charge in [0, 0.05) is 134 Å². The number of aliphatic hydroxyl groups excluding tert-OH is 1. The Hall–Kier alpha value is -8.60. The molecular formula is C75H117N15O21S2. The van der Waals surface area contributed by atoms with Crippen LogP contribution in [0.5, 0.6) is 0 Å². The van der Waals surface area contributed by atoms with Gasteiger partial charge in [0.05, 0.1) is 38.4 Å². The van der Waals surface area contributed by atoms with E-state index in [0.717, 1.165) is 11.1 Å². The van der Waals surface area contributed by atoms with E-state index < -0.39 is 162 Å². The molecule has 3 aliphatic rings. The lowest BCUT2D eigenvalue weighted by Crippen LogP contribution is -2.61. The smallest absolute Gasteiger partial charge is 0.327 e. The normalized spacial score (nSPS) is 20.5. The van der Waals surface area contributed by atoms with Crippen LogP contribution in [0.1, 0.15) is 127 Å². The van der Waals surface area contributed by atoms with Crippen molar-refractivity contribution in [1.29, 1.82) is 0 Å². The number of hydrogen-bond acceptors (Lipinski definition) is 24. The zero-order valence-electron chi connectivity index (χ0n) is 64.6. The molecule has 19 N–H and O–H groups in total. The molecule has 3 heterocycles. The minimum Gasteiger partial charge on any atom is -0.481 e. The fourth-order valence-electron chi connectivity index (χ4n) is 12.6. The van der Waals surface area contributed by atoms with Gasteiger partial charge in [0.25, 0.3) is 0 Å². The standard InChI is InChI=1S/C75H117N15O21S2/c1-3-4-17-53(82-62(93)23-22-61(92)80-28-11-34-109-36-38-111-39-37-110-35-12-29-81-67(99)54(20-24-63(94)95)83-66(98)52(42-78-30-26-76)43-79-31-27-77)68(100)86-57-46-112-44-50-15-8-16-51(40-50)45-113-47-58(75(107)108)87-70(102)56(41-49-13-6-5-7-14-49)85-69(101)55(21-25-64(96)97)84-72(104)65(48(2)91)88-71(103)59-18-9-32-89(59)74(106)60-19-10-33-90(60)73(57)105/h5-8,13-16,40,48,52-60,65,78-79,91H,3-4,9-12,17-39,41-47,76-77H2,1-2H3,(H,80,92)(H,81,99)(H,82,93)(H,83,98)(H,84,104)(H,85,101)(H,86,100)(H,87,102)(H,88,103)(H,94,95)(H,96,97)(H,107,108)/t48-,53+,54+,55+,56+,57+,58+,59+,60+,65+/m1/s1. The maximum Gasteiger partial charge on any atom is 0.327 e. The van der Waals surface area contributed by atoms with Crippen molar-refractivity contribution in [2.75, 3.05) is 117 Å². The molecule has 11 amide bonds. The number of ether oxygens (including phenoxy) is 3. The van der Waals surface area contributed by atoms with Gasteiger partial charge in [0.15, 0.2) is 0 Å². The van der Waals surface area contributed by atoms with Gasteiger partial charge in [-0.3, -0.25) is 62.3 Å². The monoisotopic (exact) mass is 1630 g/mol. The van der Waals surface area contributed by atoms with E-state index in [2.05, 4.69) is 58.5 Å². The maximum atomic E-state index is 15.1. The molecule has 0 radical (unpaired) electrons. The molecule has 2 fully saturated rings. The van der Waals surface area contributed by atoms with E-state index in [9.17, 15) is 82.8 Å². The van der Waals surface area contributed by atoms with Gasteiger partial charge in [-0.15, -0.1) is 0 Å². The molecule has 0 aromatic heterocycles. The summed E-state index contributed by atoms with van der Waals surface area (Å²) < 4.78 is 16.8. The number of nitrogens with one attached hydrogen (secondary N) is 11. The number of aliphatic carboxylic acids is 3. The number of benzene rings is 2. The summed E-state index contributed by atoms with van der Waals surface area (Å²) in [7, 11) is 0. The summed E-state index contributed by atoms with van der Waals surface area (Å²) >= 11 is 2.50. The fourth-order valence-corrected chi connectivity index (χ4v) is 14.6. The Morgan fingerprint density at radius 3 is 1.74 bits per heavy atom. The van der Waals surface area contributed by atoms with E-state index in [4.69, 9.17) is 25.7 Å². The fraction of sp³-hybridized carbons (Fsp3) is 0.653. The van der Waals surface area contributed by atoms with Gasteiger partial charge < -0.3 is 114 Å². The highest BCUT2D eigenvalue weighted by Gasteiger charge is 2.45. The van der Waals surface area contributed by atoms with Gasteiger partial charge >= 0.3 is 17.9 Å². The van der Waals surface area contributed by atoms with E-state index >= 15 is 4.79 Å². The molecule has 0 saturated carbocycles. The highest BCUT2D eigenvalue weighted by Crippen LogP contribution is 2.28.